The molecule has 28 heavy (non-hydrogen) atoms. The lowest BCUT2D eigenvalue weighted by atomic mass is 10.0. The number of nitrogens with one attached hydrogen (secondary N) is 1. The number of pyridine rings is 1. The van der Waals surface area contributed by atoms with Crippen LogP contribution in [0.15, 0.2) is 59.6 Å². The lowest BCUT2D eigenvalue weighted by Gasteiger charge is -2.22. The molecule has 2 aromatic carbocycles. The van der Waals surface area contributed by atoms with Crippen LogP contribution in [0.3, 0.4) is 0 Å². The summed E-state index contributed by atoms with van der Waals surface area (Å²) in [5, 5.41) is -1.45. The van der Waals surface area contributed by atoms with Gasteiger partial charge >= 0.3 is 0 Å². The molecule has 8 heteroatoms. The third kappa shape index (κ3) is 3.88. The van der Waals surface area contributed by atoms with Crippen LogP contribution >= 0.6 is 12.8 Å². The molecule has 146 valence electrons. The molecule has 0 aliphatic heterocycles. The maximum absolute atomic E-state index is 14.7. The quantitative estimate of drug-likeness (QED) is 0.583. The molecular weight excluding hydrogens is 402 g/mol. The molecule has 0 spiro atoms. The number of anilines is 1. The standard InChI is InChI=1S/C20H18F2N2O2S2/c1-12-3-6-15(7-4-12)28(25,26)20(17-9-14(21)5-8-18(17)22)16-10-19(24-27)23-11-13(16)2/h3-11,20,27H,1-2H3,(H,23,24). The topological polar surface area (TPSA) is 59.1 Å². The van der Waals surface area contributed by atoms with Crippen LogP contribution in [0.2, 0.25) is 0 Å². The number of thiol groups is 1. The second-order valence-corrected chi connectivity index (χ2v) is 8.70. The minimum absolute atomic E-state index is 0.0170. The Hall–Kier alpha value is -2.45. The lowest BCUT2D eigenvalue weighted by Crippen LogP contribution is -2.18. The van der Waals surface area contributed by atoms with Crippen LogP contribution < -0.4 is 4.72 Å². The van der Waals surface area contributed by atoms with Crippen molar-refractivity contribution in [2.24, 2.45) is 0 Å². The van der Waals surface area contributed by atoms with E-state index in [1.165, 1.54) is 24.4 Å². The third-order valence-corrected chi connectivity index (χ3v) is 6.73. The van der Waals surface area contributed by atoms with E-state index in [9.17, 15) is 17.2 Å². The van der Waals surface area contributed by atoms with Gasteiger partial charge in [0.15, 0.2) is 9.84 Å². The Kier molecular flexibility index (Phi) is 5.71. The van der Waals surface area contributed by atoms with Crippen molar-refractivity contribution >= 4 is 28.5 Å². The van der Waals surface area contributed by atoms with Gasteiger partial charge in [0.25, 0.3) is 0 Å². The van der Waals surface area contributed by atoms with Gasteiger partial charge < -0.3 is 4.72 Å². The van der Waals surface area contributed by atoms with E-state index in [0.717, 1.165) is 23.8 Å². The van der Waals surface area contributed by atoms with E-state index >= 15 is 0 Å². The van der Waals surface area contributed by atoms with Crippen molar-refractivity contribution in [2.75, 3.05) is 4.72 Å². The van der Waals surface area contributed by atoms with Gasteiger partial charge in [-0.1, -0.05) is 30.5 Å². The van der Waals surface area contributed by atoms with Crippen molar-refractivity contribution in [1.82, 2.24) is 4.98 Å². The van der Waals surface area contributed by atoms with E-state index in [2.05, 4.69) is 22.5 Å². The zero-order chi connectivity index (χ0) is 20.5. The lowest BCUT2D eigenvalue weighted by molar-refractivity contribution is 0.569. The molecule has 0 saturated heterocycles. The Morgan fingerprint density at radius 2 is 1.68 bits per heavy atom. The molecule has 0 saturated carbocycles. The molecule has 3 aromatic rings. The van der Waals surface area contributed by atoms with Crippen molar-refractivity contribution in [1.29, 1.82) is 0 Å². The summed E-state index contributed by atoms with van der Waals surface area (Å²) < 4.78 is 58.1. The first kappa shape index (κ1) is 20.3. The molecular formula is C20H18F2N2O2S2. The van der Waals surface area contributed by atoms with Gasteiger partial charge in [0.1, 0.15) is 22.7 Å². The number of aryl methyl sites for hydroxylation is 2. The number of sulfone groups is 1. The zero-order valence-corrected chi connectivity index (χ0v) is 16.9. The van der Waals surface area contributed by atoms with Gasteiger partial charge in [0, 0.05) is 11.8 Å². The average Bonchev–Trinajstić information content (AvgIpc) is 2.66. The van der Waals surface area contributed by atoms with E-state index in [4.69, 9.17) is 0 Å². The number of halogens is 2. The highest BCUT2D eigenvalue weighted by molar-refractivity contribution is 7.92. The largest absolute Gasteiger partial charge is 0.317 e. The molecule has 0 bridgehead atoms. The molecule has 1 aromatic heterocycles. The SMILES string of the molecule is Cc1ccc(S(=O)(=O)C(c2cc(NS)ncc2C)c2cc(F)ccc2F)cc1. The van der Waals surface area contributed by atoms with Gasteiger partial charge in [-0.15, -0.1) is 0 Å². The predicted octanol–water partition coefficient (Wildman–Crippen LogP) is 4.80. The summed E-state index contributed by atoms with van der Waals surface area (Å²) in [5.41, 5.74) is 1.43. The minimum Gasteiger partial charge on any atom is -0.317 e. The van der Waals surface area contributed by atoms with Crippen molar-refractivity contribution in [2.45, 2.75) is 24.0 Å². The van der Waals surface area contributed by atoms with Gasteiger partial charge in [-0.05, 0) is 61.4 Å². The molecule has 4 nitrogen and oxygen atoms in total. The number of aromatic nitrogens is 1. The number of hydrogen-bond acceptors (Lipinski definition) is 5. The predicted molar refractivity (Wildman–Crippen MR) is 108 cm³/mol. The fraction of sp³-hybridized carbons (Fsp3) is 0.150. The molecule has 0 aliphatic rings. The first-order valence-corrected chi connectivity index (χ1v) is 10.4. The molecule has 1 atom stereocenters. The minimum atomic E-state index is -4.10. The van der Waals surface area contributed by atoms with Gasteiger partial charge in [-0.2, -0.15) is 0 Å². The molecule has 0 fully saturated rings. The summed E-state index contributed by atoms with van der Waals surface area (Å²) in [6.45, 7) is 3.50. The van der Waals surface area contributed by atoms with Crippen LogP contribution in [-0.4, -0.2) is 13.4 Å². The smallest absolute Gasteiger partial charge is 0.189 e. The normalized spacial score (nSPS) is 12.6. The summed E-state index contributed by atoms with van der Waals surface area (Å²) in [6.07, 6.45) is 1.46. The monoisotopic (exact) mass is 420 g/mol. The first-order valence-electron chi connectivity index (χ1n) is 8.36. The molecule has 3 rings (SSSR count). The second kappa shape index (κ2) is 7.89. The van der Waals surface area contributed by atoms with E-state index in [-0.39, 0.29) is 16.0 Å². The van der Waals surface area contributed by atoms with Gasteiger partial charge in [-0.3, -0.25) is 0 Å². The van der Waals surface area contributed by atoms with E-state index in [0.29, 0.717) is 11.4 Å². The number of rotatable bonds is 5. The van der Waals surface area contributed by atoms with E-state index in [1.807, 2.05) is 6.92 Å². The molecule has 1 unspecified atom stereocenters. The highest BCUT2D eigenvalue weighted by Gasteiger charge is 2.34. The van der Waals surface area contributed by atoms with Crippen LogP contribution in [0.1, 0.15) is 27.5 Å². The Labute approximate surface area is 168 Å². The molecule has 1 N–H and O–H groups in total. The molecule has 1 heterocycles. The summed E-state index contributed by atoms with van der Waals surface area (Å²) >= 11 is 3.94. The third-order valence-electron chi connectivity index (χ3n) is 4.44. The Morgan fingerprint density at radius 3 is 2.32 bits per heavy atom. The fourth-order valence-electron chi connectivity index (χ4n) is 2.96. The van der Waals surface area contributed by atoms with Crippen LogP contribution in [0.5, 0.6) is 0 Å². The molecule has 0 radical (unpaired) electrons. The number of nitrogens with zero attached hydrogens (tertiary/aromatic N) is 1. The van der Waals surface area contributed by atoms with Crippen molar-refractivity contribution < 1.29 is 17.2 Å². The van der Waals surface area contributed by atoms with Gasteiger partial charge in [0.05, 0.1) is 4.90 Å². The maximum atomic E-state index is 14.7. The summed E-state index contributed by atoms with van der Waals surface area (Å²) in [7, 11) is -4.10. The summed E-state index contributed by atoms with van der Waals surface area (Å²) in [5.74, 6) is -1.23. The van der Waals surface area contributed by atoms with Crippen molar-refractivity contribution in [3.05, 3.63) is 88.6 Å². The van der Waals surface area contributed by atoms with Gasteiger partial charge in [-0.25, -0.2) is 22.2 Å². The number of hydrogen-bond donors (Lipinski definition) is 2. The van der Waals surface area contributed by atoms with Crippen LogP contribution in [-0.2, 0) is 9.84 Å². The Balaban J connectivity index is 2.32. The van der Waals surface area contributed by atoms with Crippen LogP contribution in [0.4, 0.5) is 14.6 Å². The van der Waals surface area contributed by atoms with E-state index < -0.39 is 26.7 Å². The van der Waals surface area contributed by atoms with Crippen LogP contribution in [0.25, 0.3) is 0 Å². The van der Waals surface area contributed by atoms with E-state index in [1.54, 1.807) is 19.1 Å². The second-order valence-electron chi connectivity index (χ2n) is 6.44. The highest BCUT2D eigenvalue weighted by Crippen LogP contribution is 2.38. The fourth-order valence-corrected chi connectivity index (χ4v) is 4.98. The van der Waals surface area contributed by atoms with Crippen molar-refractivity contribution in [3.63, 3.8) is 0 Å². The van der Waals surface area contributed by atoms with Crippen LogP contribution in [0, 0.1) is 25.5 Å². The highest BCUT2D eigenvalue weighted by atomic mass is 32.2. The molecule has 0 amide bonds. The first-order chi connectivity index (χ1) is 13.2. The molecule has 0 aliphatic carbocycles. The number of benzene rings is 2. The summed E-state index contributed by atoms with van der Waals surface area (Å²) in [4.78, 5) is 4.11. The Bertz CT molecular complexity index is 1120. The maximum Gasteiger partial charge on any atom is 0.189 e. The van der Waals surface area contributed by atoms with Gasteiger partial charge in [0.2, 0.25) is 0 Å². The van der Waals surface area contributed by atoms with Crippen molar-refractivity contribution in [3.8, 4) is 0 Å². The zero-order valence-electron chi connectivity index (χ0n) is 15.1. The Morgan fingerprint density at radius 1 is 1.00 bits per heavy atom. The average molecular weight is 421 g/mol. The summed E-state index contributed by atoms with van der Waals surface area (Å²) in [6, 6.07) is 10.5.